The monoisotopic (exact) mass is 476 g/mol. The van der Waals surface area contributed by atoms with E-state index in [2.05, 4.69) is 4.90 Å². The molecule has 1 aliphatic heterocycles. The number of hydrogen-bond acceptors (Lipinski definition) is 7. The molecule has 6 nitrogen and oxygen atoms in total. The molecule has 3 aromatic rings. The van der Waals surface area contributed by atoms with Crippen molar-refractivity contribution in [2.24, 2.45) is 0 Å². The van der Waals surface area contributed by atoms with Gasteiger partial charge in [0.1, 0.15) is 17.3 Å². The predicted octanol–water partition coefficient (Wildman–Crippen LogP) is 4.72. The third-order valence-electron chi connectivity index (χ3n) is 5.78. The minimum absolute atomic E-state index is 0.0950. The summed E-state index contributed by atoms with van der Waals surface area (Å²) in [7, 11) is -0.362. The van der Waals surface area contributed by atoms with Gasteiger partial charge in [0.2, 0.25) is 0 Å². The summed E-state index contributed by atoms with van der Waals surface area (Å²) in [5, 5.41) is 2.27. The van der Waals surface area contributed by atoms with E-state index in [1.807, 2.05) is 23.6 Å². The van der Waals surface area contributed by atoms with Crippen LogP contribution in [-0.2, 0) is 9.84 Å². The van der Waals surface area contributed by atoms with Crippen LogP contribution in [0.15, 0.2) is 46.7 Å². The van der Waals surface area contributed by atoms with Crippen LogP contribution < -0.4 is 14.4 Å². The normalized spacial score (nSPS) is 15.1. The van der Waals surface area contributed by atoms with E-state index in [1.165, 1.54) is 23.5 Å². The van der Waals surface area contributed by atoms with Gasteiger partial charge in [0.25, 0.3) is 0 Å². The second-order valence-corrected chi connectivity index (χ2v) is 10.8. The largest absolute Gasteiger partial charge is 0.497 e. The van der Waals surface area contributed by atoms with E-state index in [9.17, 15) is 12.8 Å². The summed E-state index contributed by atoms with van der Waals surface area (Å²) in [6.45, 7) is 2.84. The molecular weight excluding hydrogens is 451 g/mol. The van der Waals surface area contributed by atoms with Crippen LogP contribution in [0.25, 0.3) is 11.3 Å². The summed E-state index contributed by atoms with van der Waals surface area (Å²) in [5.74, 6) is 0.891. The molecule has 0 atom stereocenters. The van der Waals surface area contributed by atoms with Crippen LogP contribution in [0.3, 0.4) is 0 Å². The Balaban J connectivity index is 1.50. The quantitative estimate of drug-likeness (QED) is 0.513. The summed E-state index contributed by atoms with van der Waals surface area (Å²) < 4.78 is 50.7. The number of rotatable bonds is 6. The van der Waals surface area contributed by atoms with Gasteiger partial charge in [-0.05, 0) is 55.7 Å². The van der Waals surface area contributed by atoms with E-state index in [0.717, 1.165) is 22.5 Å². The van der Waals surface area contributed by atoms with Crippen molar-refractivity contribution >= 4 is 26.3 Å². The van der Waals surface area contributed by atoms with Crippen molar-refractivity contribution in [2.45, 2.75) is 29.9 Å². The Bertz CT molecular complexity index is 1220. The van der Waals surface area contributed by atoms with E-state index in [4.69, 9.17) is 14.5 Å². The number of benzene rings is 2. The Morgan fingerprint density at radius 1 is 1.09 bits per heavy atom. The standard InChI is InChI=1S/C23H25FN2O4S2/c1-15-4-5-16(24)12-22(15)32(27,28)18-8-10-26(11-9-18)23-25-20(14-31-23)19-13-17(29-2)6-7-21(19)30-3/h4-7,12-14,18H,8-11H2,1-3H3. The Morgan fingerprint density at radius 3 is 2.53 bits per heavy atom. The van der Waals surface area contributed by atoms with Crippen molar-refractivity contribution in [3.05, 3.63) is 53.2 Å². The number of ether oxygens (including phenoxy) is 2. The molecule has 32 heavy (non-hydrogen) atoms. The van der Waals surface area contributed by atoms with Gasteiger partial charge in [0.15, 0.2) is 15.0 Å². The van der Waals surface area contributed by atoms with Gasteiger partial charge in [0, 0.05) is 24.0 Å². The van der Waals surface area contributed by atoms with Crippen LogP contribution in [0.4, 0.5) is 9.52 Å². The van der Waals surface area contributed by atoms with Crippen molar-refractivity contribution in [1.29, 1.82) is 0 Å². The first-order chi connectivity index (χ1) is 15.3. The van der Waals surface area contributed by atoms with Gasteiger partial charge in [-0.15, -0.1) is 11.3 Å². The predicted molar refractivity (Wildman–Crippen MR) is 124 cm³/mol. The van der Waals surface area contributed by atoms with Crippen LogP contribution in [0.1, 0.15) is 18.4 Å². The molecule has 0 saturated carbocycles. The number of nitrogens with zero attached hydrogens (tertiary/aromatic N) is 2. The lowest BCUT2D eigenvalue weighted by Crippen LogP contribution is -2.39. The van der Waals surface area contributed by atoms with Crippen molar-refractivity contribution in [3.8, 4) is 22.8 Å². The van der Waals surface area contributed by atoms with Crippen LogP contribution >= 0.6 is 11.3 Å². The summed E-state index contributed by atoms with van der Waals surface area (Å²) in [5.41, 5.74) is 2.20. The zero-order chi connectivity index (χ0) is 22.9. The van der Waals surface area contributed by atoms with Crippen molar-refractivity contribution in [1.82, 2.24) is 4.98 Å². The highest BCUT2D eigenvalue weighted by atomic mass is 32.2. The van der Waals surface area contributed by atoms with Gasteiger partial charge in [0.05, 0.1) is 30.1 Å². The Kier molecular flexibility index (Phi) is 6.39. The number of methoxy groups -OCH3 is 2. The van der Waals surface area contributed by atoms with Gasteiger partial charge in [-0.1, -0.05) is 6.07 Å². The second kappa shape index (κ2) is 9.07. The Morgan fingerprint density at radius 2 is 1.84 bits per heavy atom. The first-order valence-corrected chi connectivity index (χ1v) is 12.7. The number of aromatic nitrogens is 1. The smallest absolute Gasteiger partial charge is 0.185 e. The molecule has 1 saturated heterocycles. The highest BCUT2D eigenvalue weighted by Crippen LogP contribution is 2.37. The van der Waals surface area contributed by atoms with E-state index >= 15 is 0 Å². The minimum atomic E-state index is -3.59. The topological polar surface area (TPSA) is 68.7 Å². The fourth-order valence-electron chi connectivity index (χ4n) is 3.96. The van der Waals surface area contributed by atoms with E-state index < -0.39 is 20.9 Å². The van der Waals surface area contributed by atoms with Crippen molar-refractivity contribution in [3.63, 3.8) is 0 Å². The number of aryl methyl sites for hydroxylation is 1. The molecule has 0 bridgehead atoms. The molecule has 0 N–H and O–H groups in total. The third-order valence-corrected chi connectivity index (χ3v) is 9.09. The molecule has 0 spiro atoms. The van der Waals surface area contributed by atoms with Gasteiger partial charge in [-0.3, -0.25) is 0 Å². The van der Waals surface area contributed by atoms with E-state index in [1.54, 1.807) is 21.1 Å². The second-order valence-electron chi connectivity index (χ2n) is 7.72. The first-order valence-electron chi connectivity index (χ1n) is 10.3. The molecular formula is C23H25FN2O4S2. The van der Waals surface area contributed by atoms with Crippen LogP contribution in [-0.4, -0.2) is 46.0 Å². The molecule has 9 heteroatoms. The fraction of sp³-hybridized carbons (Fsp3) is 0.348. The average Bonchev–Trinajstić information content (AvgIpc) is 3.30. The SMILES string of the molecule is COc1ccc(OC)c(-c2csc(N3CCC(S(=O)(=O)c4cc(F)ccc4C)CC3)n2)c1. The maximum atomic E-state index is 13.7. The average molecular weight is 477 g/mol. The van der Waals surface area contributed by atoms with E-state index in [0.29, 0.717) is 43.0 Å². The molecule has 0 radical (unpaired) electrons. The molecule has 2 aromatic carbocycles. The number of sulfone groups is 1. The lowest BCUT2D eigenvalue weighted by Gasteiger charge is -2.31. The zero-order valence-corrected chi connectivity index (χ0v) is 19.8. The molecule has 0 amide bonds. The molecule has 0 unspecified atom stereocenters. The number of anilines is 1. The third kappa shape index (κ3) is 4.31. The molecule has 1 fully saturated rings. The van der Waals surface area contributed by atoms with Gasteiger partial charge >= 0.3 is 0 Å². The zero-order valence-electron chi connectivity index (χ0n) is 18.2. The van der Waals surface area contributed by atoms with Crippen LogP contribution in [0.5, 0.6) is 11.5 Å². The van der Waals surface area contributed by atoms with E-state index in [-0.39, 0.29) is 4.90 Å². The van der Waals surface area contributed by atoms with Crippen molar-refractivity contribution < 1.29 is 22.3 Å². The summed E-state index contributed by atoms with van der Waals surface area (Å²) >= 11 is 1.51. The van der Waals surface area contributed by atoms with Gasteiger partial charge in [-0.25, -0.2) is 17.8 Å². The highest BCUT2D eigenvalue weighted by Gasteiger charge is 2.33. The molecule has 0 aliphatic carbocycles. The van der Waals surface area contributed by atoms with Crippen molar-refractivity contribution in [2.75, 3.05) is 32.2 Å². The molecule has 1 aromatic heterocycles. The van der Waals surface area contributed by atoms with Crippen LogP contribution in [0.2, 0.25) is 0 Å². The molecule has 1 aliphatic rings. The maximum Gasteiger partial charge on any atom is 0.185 e. The number of piperidine rings is 1. The Hall–Kier alpha value is -2.65. The number of hydrogen-bond donors (Lipinski definition) is 0. The summed E-state index contributed by atoms with van der Waals surface area (Å²) in [4.78, 5) is 6.97. The molecule has 4 rings (SSSR count). The number of halogens is 1. The lowest BCUT2D eigenvalue weighted by molar-refractivity contribution is 0.404. The molecule has 2 heterocycles. The van der Waals surface area contributed by atoms with Gasteiger partial charge in [-0.2, -0.15) is 0 Å². The highest BCUT2D eigenvalue weighted by molar-refractivity contribution is 7.92. The maximum absolute atomic E-state index is 13.7. The van der Waals surface area contributed by atoms with Crippen LogP contribution in [0, 0.1) is 12.7 Å². The Labute approximate surface area is 191 Å². The molecule has 170 valence electrons. The minimum Gasteiger partial charge on any atom is -0.497 e. The van der Waals surface area contributed by atoms with Gasteiger partial charge < -0.3 is 14.4 Å². The first kappa shape index (κ1) is 22.5. The fourth-order valence-corrected chi connectivity index (χ4v) is 6.83. The number of thiazole rings is 1. The summed E-state index contributed by atoms with van der Waals surface area (Å²) in [6, 6.07) is 9.50. The summed E-state index contributed by atoms with van der Waals surface area (Å²) in [6.07, 6.45) is 0.936. The lowest BCUT2D eigenvalue weighted by atomic mass is 10.1.